The summed E-state index contributed by atoms with van der Waals surface area (Å²) in [5, 5.41) is 0. The summed E-state index contributed by atoms with van der Waals surface area (Å²) >= 11 is 0. The molecule has 1 aromatic carbocycles. The summed E-state index contributed by atoms with van der Waals surface area (Å²) in [7, 11) is 2.17. The Hall–Kier alpha value is -1.18. The number of hydrogen-bond acceptors (Lipinski definition) is 2. The van der Waals surface area contributed by atoms with E-state index in [0.717, 1.165) is 11.6 Å². The predicted octanol–water partition coefficient (Wildman–Crippen LogP) is 2.90. The number of benzene rings is 1. The third-order valence-corrected chi connectivity index (χ3v) is 3.34. The van der Waals surface area contributed by atoms with Gasteiger partial charge in [0, 0.05) is 25.0 Å². The molecule has 2 N–H and O–H groups in total. The van der Waals surface area contributed by atoms with E-state index in [1.54, 1.807) is 0 Å². The number of nitrogens with zero attached hydrogens (tertiary/aromatic N) is 1. The van der Waals surface area contributed by atoms with Gasteiger partial charge < -0.3 is 10.6 Å². The van der Waals surface area contributed by atoms with Gasteiger partial charge in [-0.2, -0.15) is 0 Å². The molecule has 2 heteroatoms. The Morgan fingerprint density at radius 1 is 1.20 bits per heavy atom. The van der Waals surface area contributed by atoms with Gasteiger partial charge in [-0.3, -0.25) is 0 Å². The Morgan fingerprint density at radius 2 is 1.80 bits per heavy atom. The quantitative estimate of drug-likeness (QED) is 0.767. The van der Waals surface area contributed by atoms with Gasteiger partial charge in [-0.05, 0) is 43.0 Å². The maximum atomic E-state index is 5.67. The molecule has 0 bridgehead atoms. The molecule has 82 valence electrons. The summed E-state index contributed by atoms with van der Waals surface area (Å²) in [6, 6.07) is 8.15. The average Bonchev–Trinajstić information content (AvgIpc) is 2.71. The highest BCUT2D eigenvalue weighted by atomic mass is 15.1. The number of anilines is 2. The van der Waals surface area contributed by atoms with Gasteiger partial charge in [0.1, 0.15) is 0 Å². The smallest absolute Gasteiger partial charge is 0.0365 e. The molecule has 1 aliphatic carbocycles. The molecule has 0 unspecified atom stereocenters. The lowest BCUT2D eigenvalue weighted by atomic mass is 10.1. The van der Waals surface area contributed by atoms with Gasteiger partial charge in [0.05, 0.1) is 0 Å². The molecule has 1 aromatic rings. The molecule has 15 heavy (non-hydrogen) atoms. The molecule has 2 rings (SSSR count). The third-order valence-electron chi connectivity index (χ3n) is 3.34. The molecule has 0 heterocycles. The van der Waals surface area contributed by atoms with Gasteiger partial charge in [0.15, 0.2) is 0 Å². The predicted molar refractivity (Wildman–Crippen MR) is 66.1 cm³/mol. The number of nitrogens with two attached hydrogens (primary N) is 1. The summed E-state index contributed by atoms with van der Waals surface area (Å²) < 4.78 is 0. The van der Waals surface area contributed by atoms with E-state index >= 15 is 0 Å². The van der Waals surface area contributed by atoms with Gasteiger partial charge in [0.2, 0.25) is 0 Å². The molecule has 0 saturated heterocycles. The second-order valence-electron chi connectivity index (χ2n) is 4.62. The van der Waals surface area contributed by atoms with Crippen molar-refractivity contribution >= 4 is 11.4 Å². The molecule has 0 aromatic heterocycles. The number of nitrogen functional groups attached to an aromatic ring is 1. The largest absolute Gasteiger partial charge is 0.399 e. The van der Waals surface area contributed by atoms with Crippen molar-refractivity contribution in [1.29, 1.82) is 0 Å². The SMILES string of the molecule is CN(CC1CCCC1)c1ccc(N)cc1. The number of hydrogen-bond donors (Lipinski definition) is 1. The van der Waals surface area contributed by atoms with Crippen LogP contribution in [0.4, 0.5) is 11.4 Å². The van der Waals surface area contributed by atoms with Crippen molar-refractivity contribution in [2.45, 2.75) is 25.7 Å². The van der Waals surface area contributed by atoms with Crippen molar-refractivity contribution in [1.82, 2.24) is 0 Å². The van der Waals surface area contributed by atoms with Gasteiger partial charge in [-0.15, -0.1) is 0 Å². The van der Waals surface area contributed by atoms with Crippen molar-refractivity contribution in [2.24, 2.45) is 5.92 Å². The minimum absolute atomic E-state index is 0.841. The Labute approximate surface area is 92.1 Å². The minimum atomic E-state index is 0.841. The van der Waals surface area contributed by atoms with E-state index < -0.39 is 0 Å². The Bertz CT molecular complexity index is 299. The van der Waals surface area contributed by atoms with Gasteiger partial charge in [0.25, 0.3) is 0 Å². The third kappa shape index (κ3) is 2.65. The summed E-state index contributed by atoms with van der Waals surface area (Å²) in [4.78, 5) is 2.34. The second kappa shape index (κ2) is 4.56. The van der Waals surface area contributed by atoms with Crippen LogP contribution in [0.15, 0.2) is 24.3 Å². The zero-order valence-corrected chi connectivity index (χ0v) is 9.45. The summed E-state index contributed by atoms with van der Waals surface area (Å²) in [6.45, 7) is 1.18. The summed E-state index contributed by atoms with van der Waals surface area (Å²) in [5.74, 6) is 0.896. The zero-order chi connectivity index (χ0) is 10.7. The molecule has 0 amide bonds. The van der Waals surface area contributed by atoms with Crippen molar-refractivity contribution < 1.29 is 0 Å². The Morgan fingerprint density at radius 3 is 2.40 bits per heavy atom. The summed E-state index contributed by atoms with van der Waals surface area (Å²) in [5.41, 5.74) is 7.79. The van der Waals surface area contributed by atoms with Crippen LogP contribution >= 0.6 is 0 Å². The zero-order valence-electron chi connectivity index (χ0n) is 9.45. The highest BCUT2D eigenvalue weighted by Crippen LogP contribution is 2.26. The first-order chi connectivity index (χ1) is 7.25. The molecular formula is C13H20N2. The average molecular weight is 204 g/mol. The van der Waals surface area contributed by atoms with Crippen LogP contribution in [0, 0.1) is 5.92 Å². The maximum absolute atomic E-state index is 5.67. The van der Waals surface area contributed by atoms with E-state index in [9.17, 15) is 0 Å². The van der Waals surface area contributed by atoms with E-state index in [1.165, 1.54) is 37.9 Å². The van der Waals surface area contributed by atoms with Crippen LogP contribution in [0.1, 0.15) is 25.7 Å². The van der Waals surface area contributed by atoms with Crippen molar-refractivity contribution in [3.05, 3.63) is 24.3 Å². The fourth-order valence-corrected chi connectivity index (χ4v) is 2.41. The fraction of sp³-hybridized carbons (Fsp3) is 0.538. The van der Waals surface area contributed by atoms with Crippen LogP contribution in [0.25, 0.3) is 0 Å². The molecule has 0 atom stereocenters. The van der Waals surface area contributed by atoms with Crippen LogP contribution in [-0.4, -0.2) is 13.6 Å². The fourth-order valence-electron chi connectivity index (χ4n) is 2.41. The lowest BCUT2D eigenvalue weighted by molar-refractivity contribution is 0.547. The summed E-state index contributed by atoms with van der Waals surface area (Å²) in [6.07, 6.45) is 5.64. The van der Waals surface area contributed by atoms with Crippen molar-refractivity contribution in [3.8, 4) is 0 Å². The Balaban J connectivity index is 1.94. The van der Waals surface area contributed by atoms with Gasteiger partial charge in [-0.25, -0.2) is 0 Å². The molecule has 0 spiro atoms. The first-order valence-electron chi connectivity index (χ1n) is 5.82. The highest BCUT2D eigenvalue weighted by Gasteiger charge is 2.16. The van der Waals surface area contributed by atoms with Crippen molar-refractivity contribution in [3.63, 3.8) is 0 Å². The molecule has 1 fully saturated rings. The first kappa shape index (κ1) is 10.3. The van der Waals surface area contributed by atoms with E-state index in [0.29, 0.717) is 0 Å². The normalized spacial score (nSPS) is 16.9. The van der Waals surface area contributed by atoms with Crippen LogP contribution in [0.5, 0.6) is 0 Å². The van der Waals surface area contributed by atoms with Crippen LogP contribution in [0.3, 0.4) is 0 Å². The maximum Gasteiger partial charge on any atom is 0.0365 e. The Kier molecular flexibility index (Phi) is 3.14. The van der Waals surface area contributed by atoms with Gasteiger partial charge in [-0.1, -0.05) is 12.8 Å². The first-order valence-corrected chi connectivity index (χ1v) is 5.82. The molecule has 2 nitrogen and oxygen atoms in total. The monoisotopic (exact) mass is 204 g/mol. The van der Waals surface area contributed by atoms with Crippen LogP contribution in [0.2, 0.25) is 0 Å². The molecule has 0 aliphatic heterocycles. The van der Waals surface area contributed by atoms with Crippen molar-refractivity contribution in [2.75, 3.05) is 24.2 Å². The lowest BCUT2D eigenvalue weighted by Gasteiger charge is -2.23. The molecule has 1 saturated carbocycles. The lowest BCUT2D eigenvalue weighted by Crippen LogP contribution is -2.23. The topological polar surface area (TPSA) is 29.3 Å². The molecule has 1 aliphatic rings. The van der Waals surface area contributed by atoms with E-state index in [2.05, 4.69) is 24.1 Å². The minimum Gasteiger partial charge on any atom is -0.399 e. The van der Waals surface area contributed by atoms with E-state index in [4.69, 9.17) is 5.73 Å². The van der Waals surface area contributed by atoms with Gasteiger partial charge >= 0.3 is 0 Å². The number of rotatable bonds is 3. The van der Waals surface area contributed by atoms with Crippen LogP contribution in [-0.2, 0) is 0 Å². The van der Waals surface area contributed by atoms with Crippen LogP contribution < -0.4 is 10.6 Å². The van der Waals surface area contributed by atoms with E-state index in [1.807, 2.05) is 12.1 Å². The molecule has 0 radical (unpaired) electrons. The second-order valence-corrected chi connectivity index (χ2v) is 4.62. The standard InChI is InChI=1S/C13H20N2/c1-15(10-11-4-2-3-5-11)13-8-6-12(14)7-9-13/h6-9,11H,2-5,10,14H2,1H3. The highest BCUT2D eigenvalue weighted by molar-refractivity contribution is 5.52. The van der Waals surface area contributed by atoms with E-state index in [-0.39, 0.29) is 0 Å². The molecular weight excluding hydrogens is 184 g/mol.